The van der Waals surface area contributed by atoms with Gasteiger partial charge < -0.3 is 18.9 Å². The normalized spacial score (nSPS) is 11.5. The molecule has 0 spiro atoms. The summed E-state index contributed by atoms with van der Waals surface area (Å²) < 4.78 is 4.72. The van der Waals surface area contributed by atoms with Crippen molar-refractivity contribution < 1.29 is 0 Å². The van der Waals surface area contributed by atoms with E-state index in [2.05, 4.69) is 299 Å². The maximum atomic E-state index is 5.40. The molecule has 75 heavy (non-hydrogen) atoms. The molecule has 0 saturated heterocycles. The van der Waals surface area contributed by atoms with Gasteiger partial charge in [0, 0.05) is 78.2 Å². The molecule has 0 atom stereocenters. The Kier molecular flexibility index (Phi) is 10.6. The van der Waals surface area contributed by atoms with E-state index in [-0.39, 0.29) is 0 Å². The Hall–Kier alpha value is -10.0. The largest absolute Gasteiger partial charge is 0.310 e. The molecule has 14 rings (SSSR count). The molecule has 6 nitrogen and oxygen atoms in total. The zero-order chi connectivity index (χ0) is 49.8. The number of hydrogen-bond acceptors (Lipinski definition) is 4. The van der Waals surface area contributed by atoms with Crippen LogP contribution in [-0.2, 0) is 0 Å². The monoisotopic (exact) mass is 960 g/mol. The van der Waals surface area contributed by atoms with Crippen LogP contribution in [0.4, 0.5) is 34.1 Å². The van der Waals surface area contributed by atoms with Crippen LogP contribution in [-0.4, -0.2) is 19.1 Å². The van der Waals surface area contributed by atoms with Crippen LogP contribution in [0.5, 0.6) is 0 Å². The third-order valence-electron chi connectivity index (χ3n) is 14.5. The van der Waals surface area contributed by atoms with Crippen LogP contribution in [0, 0.1) is 6.92 Å². The van der Waals surface area contributed by atoms with Crippen LogP contribution in [0.3, 0.4) is 0 Å². The second kappa shape index (κ2) is 18.2. The van der Waals surface area contributed by atoms with Gasteiger partial charge in [0.05, 0.1) is 44.5 Å². The number of anilines is 6. The van der Waals surface area contributed by atoms with Gasteiger partial charge in [-0.25, -0.2) is 9.97 Å². The standard InChI is InChI=1S/C69H48N6/c1-47-30-41-62-63(44-47)71-69(49-33-37-55(38-34-49)73(51-20-8-3-9-21-51)57-40-43-67-61(46-57)59-27-15-17-29-65(59)75(67)53-24-12-5-13-25-53)68(70-62)48-31-35-54(36-32-48)72(50-18-6-2-7-19-50)56-39-42-66-60(45-56)58-26-14-16-28-64(58)74(66)52-22-10-4-11-23-52/h2-46H,1H3. The molecular formula is C69H48N6. The van der Waals surface area contributed by atoms with Gasteiger partial charge >= 0.3 is 0 Å². The Morgan fingerprint density at radius 1 is 0.280 bits per heavy atom. The number of aromatic nitrogens is 4. The van der Waals surface area contributed by atoms with Gasteiger partial charge in [-0.2, -0.15) is 0 Å². The van der Waals surface area contributed by atoms with E-state index in [1.807, 2.05) is 0 Å². The number of fused-ring (bicyclic) bond motifs is 7. The van der Waals surface area contributed by atoms with E-state index in [0.717, 1.165) is 95.6 Å². The lowest BCUT2D eigenvalue weighted by Gasteiger charge is -2.26. The summed E-state index contributed by atoms with van der Waals surface area (Å²) in [5.74, 6) is 0. The van der Waals surface area contributed by atoms with E-state index < -0.39 is 0 Å². The molecule has 0 N–H and O–H groups in total. The van der Waals surface area contributed by atoms with E-state index in [1.165, 1.54) is 32.6 Å². The SMILES string of the molecule is Cc1ccc2nc(-c3ccc(N(c4ccccc4)c4ccc5c(c4)c4ccccc4n5-c4ccccc4)cc3)c(-c3ccc(N(c4ccccc4)c4ccc5c(c4)c4ccccc4n5-c4ccccc4)cc3)nc2c1. The fourth-order valence-electron chi connectivity index (χ4n) is 11.1. The number of rotatable bonds is 10. The van der Waals surface area contributed by atoms with Crippen LogP contribution < -0.4 is 9.80 Å². The minimum absolute atomic E-state index is 0.826. The van der Waals surface area contributed by atoms with Crippen LogP contribution in [0.1, 0.15) is 5.56 Å². The van der Waals surface area contributed by atoms with Crippen molar-refractivity contribution in [3.63, 3.8) is 0 Å². The van der Waals surface area contributed by atoms with Crippen molar-refractivity contribution in [2.24, 2.45) is 0 Å². The van der Waals surface area contributed by atoms with Crippen LogP contribution in [0.25, 0.3) is 88.5 Å². The molecule has 6 heteroatoms. The second-order valence-electron chi connectivity index (χ2n) is 19.1. The van der Waals surface area contributed by atoms with E-state index >= 15 is 0 Å². The van der Waals surface area contributed by atoms with Crippen molar-refractivity contribution in [3.8, 4) is 33.9 Å². The summed E-state index contributed by atoms with van der Waals surface area (Å²) in [5.41, 5.74) is 19.8. The number of hydrogen-bond donors (Lipinski definition) is 0. The quantitative estimate of drug-likeness (QED) is 0.137. The Bertz CT molecular complexity index is 4400. The first kappa shape index (κ1) is 43.7. The Labute approximate surface area is 434 Å². The molecule has 0 bridgehead atoms. The maximum absolute atomic E-state index is 5.40. The molecule has 0 amide bonds. The minimum Gasteiger partial charge on any atom is -0.310 e. The smallest absolute Gasteiger partial charge is 0.0973 e. The van der Waals surface area contributed by atoms with Crippen molar-refractivity contribution in [1.29, 1.82) is 0 Å². The summed E-state index contributed by atoms with van der Waals surface area (Å²) in [4.78, 5) is 15.5. The zero-order valence-electron chi connectivity index (χ0n) is 41.2. The van der Waals surface area contributed by atoms with E-state index in [9.17, 15) is 0 Å². The van der Waals surface area contributed by atoms with E-state index in [4.69, 9.17) is 9.97 Å². The molecule has 3 aromatic heterocycles. The van der Waals surface area contributed by atoms with Gasteiger partial charge in [0.25, 0.3) is 0 Å². The van der Waals surface area contributed by atoms with Crippen molar-refractivity contribution in [2.75, 3.05) is 9.80 Å². The van der Waals surface area contributed by atoms with Crippen molar-refractivity contribution in [3.05, 3.63) is 279 Å². The molecule has 0 unspecified atom stereocenters. The van der Waals surface area contributed by atoms with Gasteiger partial charge in [0.1, 0.15) is 0 Å². The lowest BCUT2D eigenvalue weighted by molar-refractivity contribution is 1.18. The number of nitrogens with zero attached hydrogens (tertiary/aromatic N) is 6. The zero-order valence-corrected chi connectivity index (χ0v) is 41.2. The van der Waals surface area contributed by atoms with Crippen LogP contribution in [0.15, 0.2) is 273 Å². The highest BCUT2D eigenvalue weighted by atomic mass is 15.1. The summed E-state index contributed by atoms with van der Waals surface area (Å²) in [7, 11) is 0. The van der Waals surface area contributed by atoms with Crippen molar-refractivity contribution in [2.45, 2.75) is 6.92 Å². The molecule has 3 heterocycles. The Morgan fingerprint density at radius 3 is 1.09 bits per heavy atom. The molecule has 354 valence electrons. The molecular weight excluding hydrogens is 913 g/mol. The summed E-state index contributed by atoms with van der Waals surface area (Å²) in [5, 5.41) is 4.82. The molecule has 0 fully saturated rings. The first-order valence-corrected chi connectivity index (χ1v) is 25.5. The average molecular weight is 961 g/mol. The number of benzene rings is 11. The summed E-state index contributed by atoms with van der Waals surface area (Å²) in [6.45, 7) is 2.11. The van der Waals surface area contributed by atoms with E-state index in [0.29, 0.717) is 0 Å². The fraction of sp³-hybridized carbons (Fsp3) is 0.0145. The van der Waals surface area contributed by atoms with Crippen LogP contribution >= 0.6 is 0 Å². The van der Waals surface area contributed by atoms with Gasteiger partial charge in [0.15, 0.2) is 0 Å². The fourth-order valence-corrected chi connectivity index (χ4v) is 11.1. The molecule has 0 radical (unpaired) electrons. The highest BCUT2D eigenvalue weighted by molar-refractivity contribution is 6.12. The molecule has 0 aliphatic heterocycles. The van der Waals surface area contributed by atoms with Crippen molar-refractivity contribution in [1.82, 2.24) is 19.1 Å². The molecule has 14 aromatic rings. The maximum Gasteiger partial charge on any atom is 0.0973 e. The predicted octanol–water partition coefficient (Wildman–Crippen LogP) is 18.4. The molecule has 11 aromatic carbocycles. The number of para-hydroxylation sites is 6. The Morgan fingerprint density at radius 2 is 0.640 bits per heavy atom. The van der Waals surface area contributed by atoms with E-state index in [1.54, 1.807) is 0 Å². The lowest BCUT2D eigenvalue weighted by Crippen LogP contribution is -2.10. The predicted molar refractivity (Wildman–Crippen MR) is 313 cm³/mol. The van der Waals surface area contributed by atoms with Gasteiger partial charge in [-0.05, 0) is 146 Å². The highest BCUT2D eigenvalue weighted by Crippen LogP contribution is 2.43. The topological polar surface area (TPSA) is 42.1 Å². The van der Waals surface area contributed by atoms with Gasteiger partial charge in [0.2, 0.25) is 0 Å². The summed E-state index contributed by atoms with van der Waals surface area (Å²) in [6, 6.07) is 97.4. The minimum atomic E-state index is 0.826. The Balaban J connectivity index is 0.860. The molecule has 0 aliphatic rings. The first-order valence-electron chi connectivity index (χ1n) is 25.5. The number of aryl methyl sites for hydroxylation is 1. The van der Waals surface area contributed by atoms with Gasteiger partial charge in [-0.1, -0.05) is 140 Å². The molecule has 0 saturated carbocycles. The molecule has 0 aliphatic carbocycles. The second-order valence-corrected chi connectivity index (χ2v) is 19.1. The summed E-state index contributed by atoms with van der Waals surface area (Å²) >= 11 is 0. The van der Waals surface area contributed by atoms with Crippen molar-refractivity contribution >= 4 is 88.8 Å². The van der Waals surface area contributed by atoms with Crippen LogP contribution in [0.2, 0.25) is 0 Å². The average Bonchev–Trinajstić information content (AvgIpc) is 3.99. The van der Waals surface area contributed by atoms with Gasteiger partial charge in [-0.15, -0.1) is 0 Å². The lowest BCUT2D eigenvalue weighted by atomic mass is 10.0. The first-order chi connectivity index (χ1) is 37.1. The highest BCUT2D eigenvalue weighted by Gasteiger charge is 2.21. The third-order valence-corrected chi connectivity index (χ3v) is 14.5. The van der Waals surface area contributed by atoms with Gasteiger partial charge in [-0.3, -0.25) is 0 Å². The summed E-state index contributed by atoms with van der Waals surface area (Å²) in [6.07, 6.45) is 0. The third kappa shape index (κ3) is 7.67.